The Morgan fingerprint density at radius 2 is 0.868 bits per heavy atom. The highest BCUT2D eigenvalue weighted by Crippen LogP contribution is 2.11. The van der Waals surface area contributed by atoms with Gasteiger partial charge < -0.3 is 70.8 Å². The quantitative estimate of drug-likeness (QED) is 0.123. The Morgan fingerprint density at radius 3 is 1.13 bits per heavy atom. The van der Waals surface area contributed by atoms with Crippen molar-refractivity contribution in [2.24, 2.45) is 0 Å². The lowest BCUT2D eigenvalue weighted by atomic mass is 10.3. The van der Waals surface area contributed by atoms with Crippen LogP contribution in [0.2, 0.25) is 0 Å². The first-order chi connectivity index (χ1) is 17.1. The van der Waals surface area contributed by atoms with E-state index in [9.17, 15) is 0 Å². The second-order valence-electron chi connectivity index (χ2n) is 12.1. The molecule has 0 saturated carbocycles. The van der Waals surface area contributed by atoms with E-state index in [4.69, 9.17) is 18.9 Å². The molecule has 0 aromatic heterocycles. The van der Waals surface area contributed by atoms with Crippen LogP contribution in [0.15, 0.2) is 0 Å². The van der Waals surface area contributed by atoms with Gasteiger partial charge in [-0.25, -0.2) is 0 Å². The van der Waals surface area contributed by atoms with Crippen molar-refractivity contribution in [1.29, 1.82) is 0 Å². The second kappa shape index (κ2) is 21.4. The third-order valence-electron chi connectivity index (χ3n) is 9.00. The Labute approximate surface area is 257 Å². The summed E-state index contributed by atoms with van der Waals surface area (Å²) in [6, 6.07) is 0. The van der Waals surface area contributed by atoms with Gasteiger partial charge in [-0.1, -0.05) is 0 Å². The van der Waals surface area contributed by atoms with Gasteiger partial charge >= 0.3 is 0 Å². The second-order valence-corrected chi connectivity index (χ2v) is 12.1. The first kappa shape index (κ1) is 40.8. The monoisotopic (exact) mass is 678 g/mol. The number of morpholine rings is 2. The molecule has 2 aliphatic rings. The zero-order valence-corrected chi connectivity index (χ0v) is 29.5. The zero-order valence-electron chi connectivity index (χ0n) is 26.3. The van der Waals surface area contributed by atoms with E-state index in [0.29, 0.717) is 0 Å². The molecule has 2 rings (SSSR count). The fourth-order valence-corrected chi connectivity index (χ4v) is 4.52. The molecule has 0 bridgehead atoms. The van der Waals surface area contributed by atoms with E-state index in [1.54, 1.807) is 0 Å². The molecule has 0 aliphatic carbocycles. The molecule has 0 radical (unpaired) electrons. The third-order valence-corrected chi connectivity index (χ3v) is 9.00. The normalized spacial score (nSPS) is 18.9. The van der Waals surface area contributed by atoms with Gasteiger partial charge in [0.1, 0.15) is 52.4 Å². The van der Waals surface area contributed by atoms with E-state index in [2.05, 4.69) is 55.9 Å². The van der Waals surface area contributed by atoms with Crippen molar-refractivity contribution in [2.45, 2.75) is 27.7 Å². The van der Waals surface area contributed by atoms with Gasteiger partial charge in [-0.15, -0.1) is 0 Å². The van der Waals surface area contributed by atoms with E-state index < -0.39 is 0 Å². The molecule has 232 valence electrons. The Bertz CT molecular complexity index is 511. The van der Waals surface area contributed by atoms with Crippen LogP contribution in [0, 0.1) is 0 Å². The van der Waals surface area contributed by atoms with Gasteiger partial charge in [0, 0.05) is 0 Å². The molecule has 0 spiro atoms. The van der Waals surface area contributed by atoms with Gasteiger partial charge in [0.25, 0.3) is 0 Å². The largest absolute Gasteiger partial charge is 1.00 e. The maximum atomic E-state index is 5.83. The van der Waals surface area contributed by atoms with Gasteiger partial charge in [-0.2, -0.15) is 0 Å². The van der Waals surface area contributed by atoms with Crippen molar-refractivity contribution in [3.05, 3.63) is 0 Å². The minimum Gasteiger partial charge on any atom is -1.00 e. The molecule has 0 aromatic rings. The number of rotatable bonds is 16. The van der Waals surface area contributed by atoms with E-state index >= 15 is 0 Å². The van der Waals surface area contributed by atoms with Crippen LogP contribution in [0.1, 0.15) is 27.7 Å². The lowest BCUT2D eigenvalue weighted by Crippen LogP contribution is -3.00. The molecule has 0 N–H and O–H groups in total. The Balaban J connectivity index is 0. The van der Waals surface area contributed by atoms with Crippen LogP contribution in [0.4, 0.5) is 0 Å². The van der Waals surface area contributed by atoms with Gasteiger partial charge in [0.15, 0.2) is 0 Å². The van der Waals surface area contributed by atoms with E-state index in [0.717, 1.165) is 127 Å². The fourth-order valence-electron chi connectivity index (χ4n) is 4.52. The van der Waals surface area contributed by atoms with Crippen LogP contribution in [0.25, 0.3) is 0 Å². The number of likely N-dealkylation sites (N-methyl/N-ethyl adjacent to an activating group) is 4. The molecule has 10 heteroatoms. The van der Waals surface area contributed by atoms with Crippen molar-refractivity contribution in [2.75, 3.05) is 160 Å². The van der Waals surface area contributed by atoms with Crippen LogP contribution in [0.5, 0.6) is 0 Å². The summed E-state index contributed by atoms with van der Waals surface area (Å²) in [6.07, 6.45) is 0. The molecule has 2 saturated heterocycles. The average molecular weight is 681 g/mol. The van der Waals surface area contributed by atoms with Crippen LogP contribution >= 0.6 is 0 Å². The zero-order chi connectivity index (χ0) is 27.0. The number of halogens is 2. The smallest absolute Gasteiger partial charge is 0.103 e. The first-order valence-electron chi connectivity index (χ1n) is 14.7. The van der Waals surface area contributed by atoms with Crippen LogP contribution in [-0.4, -0.2) is 178 Å². The van der Waals surface area contributed by atoms with Gasteiger partial charge in [0.2, 0.25) is 0 Å². The van der Waals surface area contributed by atoms with Crippen LogP contribution < -0.4 is 34.0 Å². The summed E-state index contributed by atoms with van der Waals surface area (Å²) in [5.41, 5.74) is 0. The lowest BCUT2D eigenvalue weighted by molar-refractivity contribution is -0.934. The molecular weight excluding hydrogens is 616 g/mol. The first-order valence-corrected chi connectivity index (χ1v) is 14.7. The number of ether oxygens (including phenoxy) is 4. The molecule has 0 amide bonds. The molecule has 2 fully saturated rings. The molecular formula is C28H64Br2N4O4+2. The van der Waals surface area contributed by atoms with E-state index in [1.165, 1.54) is 22.1 Å². The summed E-state index contributed by atoms with van der Waals surface area (Å²) in [4.78, 5) is 0. The predicted molar refractivity (Wildman–Crippen MR) is 149 cm³/mol. The highest BCUT2D eigenvalue weighted by molar-refractivity contribution is 4.50. The van der Waals surface area contributed by atoms with Crippen molar-refractivity contribution in [3.63, 3.8) is 0 Å². The van der Waals surface area contributed by atoms with Gasteiger partial charge in [-0.3, -0.25) is 0 Å². The Morgan fingerprint density at radius 1 is 0.553 bits per heavy atom. The summed E-state index contributed by atoms with van der Waals surface area (Å²) in [7, 11) is 9.02. The van der Waals surface area contributed by atoms with Crippen molar-refractivity contribution < 1.29 is 70.8 Å². The Kier molecular flexibility index (Phi) is 22.9. The molecule has 2 aliphatic heterocycles. The fraction of sp³-hybridized carbons (Fsp3) is 1.00. The highest BCUT2D eigenvalue weighted by atomic mass is 79.9. The summed E-state index contributed by atoms with van der Waals surface area (Å²) >= 11 is 0. The minimum atomic E-state index is 0. The lowest BCUT2D eigenvalue weighted by Gasteiger charge is -2.40. The van der Waals surface area contributed by atoms with Crippen molar-refractivity contribution in [1.82, 2.24) is 0 Å². The highest BCUT2D eigenvalue weighted by Gasteiger charge is 2.29. The third kappa shape index (κ3) is 16.8. The number of hydrogen-bond donors (Lipinski definition) is 0. The van der Waals surface area contributed by atoms with Crippen molar-refractivity contribution in [3.8, 4) is 0 Å². The van der Waals surface area contributed by atoms with Gasteiger partial charge in [0.05, 0.1) is 107 Å². The molecule has 8 nitrogen and oxygen atoms in total. The van der Waals surface area contributed by atoms with E-state index in [1.807, 2.05) is 0 Å². The standard InChI is InChI=1S/2C14H32N2O2.2BrH/c2*1-5-15(3,4)7-11-17-12-8-16(6-2)9-13-18-14-10-16;;/h2*5-14H2,1-4H3;2*1H/q2*+2;;/p-2. The number of quaternary nitrogens is 4. The summed E-state index contributed by atoms with van der Waals surface area (Å²) in [6.45, 7) is 30.0. The minimum absolute atomic E-state index is 0. The van der Waals surface area contributed by atoms with E-state index in [-0.39, 0.29) is 34.0 Å². The average Bonchev–Trinajstić information content (AvgIpc) is 2.89. The Hall–Kier alpha value is 0.640. The van der Waals surface area contributed by atoms with Crippen LogP contribution in [0.3, 0.4) is 0 Å². The summed E-state index contributed by atoms with van der Waals surface area (Å²) in [5, 5.41) is 0. The SMILES string of the molecule is CC[N+](C)(C)CCOCC[N+]1(CC)CCOCC1.CC[N+](C)(C)CCOCC[N+]1(CC)CCOCC1.[Br-].[Br-]. The molecule has 38 heavy (non-hydrogen) atoms. The molecule has 0 atom stereocenters. The maximum Gasteiger partial charge on any atom is 0.103 e. The number of nitrogens with zero attached hydrogens (tertiary/aromatic N) is 4. The maximum absolute atomic E-state index is 5.83. The predicted octanol–water partition coefficient (Wildman–Crippen LogP) is -4.06. The molecule has 0 unspecified atom stereocenters. The van der Waals surface area contributed by atoms with Gasteiger partial charge in [-0.05, 0) is 27.7 Å². The van der Waals surface area contributed by atoms with Crippen molar-refractivity contribution >= 4 is 0 Å². The summed E-state index contributed by atoms with van der Waals surface area (Å²) in [5.74, 6) is 0. The summed E-state index contributed by atoms with van der Waals surface area (Å²) < 4.78 is 27.0. The van der Waals surface area contributed by atoms with Crippen LogP contribution in [-0.2, 0) is 18.9 Å². The molecule has 2 heterocycles. The topological polar surface area (TPSA) is 36.9 Å². The molecule has 0 aromatic carbocycles. The number of hydrogen-bond acceptors (Lipinski definition) is 4.